The van der Waals surface area contributed by atoms with Gasteiger partial charge in [0.25, 0.3) is 0 Å². The van der Waals surface area contributed by atoms with Crippen molar-refractivity contribution in [1.29, 1.82) is 0 Å². The van der Waals surface area contributed by atoms with Gasteiger partial charge < -0.3 is 9.05 Å². The maximum atomic E-state index is 4.88. The van der Waals surface area contributed by atoms with Crippen LogP contribution in [0.25, 0.3) is 0 Å². The molecule has 0 aliphatic carbocycles. The van der Waals surface area contributed by atoms with Gasteiger partial charge in [-0.2, -0.15) is 0 Å². The normalized spacial score (nSPS) is 11.4. The van der Waals surface area contributed by atoms with Crippen LogP contribution >= 0.6 is 31.3 Å². The van der Waals surface area contributed by atoms with Gasteiger partial charge in [0.15, 0.2) is 0 Å². The molecule has 0 spiro atoms. The second kappa shape index (κ2) is 4.01. The average molecular weight is 202 g/mol. The van der Waals surface area contributed by atoms with Gasteiger partial charge in [-0.25, -0.2) is 0 Å². The predicted octanol–water partition coefficient (Wildman–Crippen LogP) is 1.80. The second-order valence-corrected chi connectivity index (χ2v) is 6.57. The molecule has 0 amide bonds. The zero-order valence-electron chi connectivity index (χ0n) is 5.03. The summed E-state index contributed by atoms with van der Waals surface area (Å²) in [4.78, 5) is 0. The molecule has 0 saturated carbocycles. The maximum Gasteiger partial charge on any atom is 0.236 e. The van der Waals surface area contributed by atoms with Crippen molar-refractivity contribution >= 4 is 47.1 Å². The number of thiocarbonyl (C=S) groups is 1. The highest BCUT2D eigenvalue weighted by molar-refractivity contribution is 8.38. The average Bonchev–Trinajstić information content (AvgIpc) is 1.86. The summed E-state index contributed by atoms with van der Waals surface area (Å²) in [6.45, 7) is -2.32. The molecule has 0 aromatic carbocycles. The Kier molecular flexibility index (Phi) is 4.46. The minimum absolute atomic E-state index is 0.322. The van der Waals surface area contributed by atoms with Crippen molar-refractivity contribution in [2.75, 3.05) is 14.2 Å². The van der Waals surface area contributed by atoms with Gasteiger partial charge in [-0.05, 0) is 11.8 Å². The maximum absolute atomic E-state index is 4.88. The molecule has 0 unspecified atom stereocenters. The summed E-state index contributed by atoms with van der Waals surface area (Å²) in [5, 5.41) is 0. The summed E-state index contributed by atoms with van der Waals surface area (Å²) in [5.74, 6) is 0. The Labute approximate surface area is 70.5 Å². The zero-order chi connectivity index (χ0) is 7.49. The first-order valence-electron chi connectivity index (χ1n) is 2.02. The van der Waals surface area contributed by atoms with E-state index in [-0.39, 0.29) is 0 Å². The van der Waals surface area contributed by atoms with E-state index in [1.807, 2.05) is 0 Å². The SMILES string of the molecule is COP(=S)(OC)C(=S)S. The Morgan fingerprint density at radius 2 is 1.78 bits per heavy atom. The van der Waals surface area contributed by atoms with Crippen LogP contribution < -0.4 is 0 Å². The van der Waals surface area contributed by atoms with Crippen molar-refractivity contribution in [2.24, 2.45) is 0 Å². The number of hydrogen-bond acceptors (Lipinski definition) is 4. The van der Waals surface area contributed by atoms with E-state index in [0.29, 0.717) is 3.94 Å². The summed E-state index contributed by atoms with van der Waals surface area (Å²) in [6.07, 6.45) is 0. The van der Waals surface area contributed by atoms with Gasteiger partial charge in [0.2, 0.25) is 6.49 Å². The Bertz CT molecular complexity index is 149. The molecular formula is C3H7O2PS3. The van der Waals surface area contributed by atoms with Crippen LogP contribution in [0.4, 0.5) is 0 Å². The highest BCUT2D eigenvalue weighted by Crippen LogP contribution is 2.49. The fourth-order valence-electron chi connectivity index (χ4n) is 0.231. The van der Waals surface area contributed by atoms with Gasteiger partial charge in [0.05, 0.1) is 0 Å². The van der Waals surface area contributed by atoms with Crippen LogP contribution in [0.2, 0.25) is 0 Å². The first kappa shape index (κ1) is 10.0. The highest BCUT2D eigenvalue weighted by atomic mass is 32.5. The molecule has 0 radical (unpaired) electrons. The highest BCUT2D eigenvalue weighted by Gasteiger charge is 2.17. The molecule has 0 rings (SSSR count). The quantitative estimate of drug-likeness (QED) is 0.427. The lowest BCUT2D eigenvalue weighted by atomic mass is 11.8. The summed E-state index contributed by atoms with van der Waals surface area (Å²) < 4.78 is 9.99. The Balaban J connectivity index is 4.30. The number of rotatable bonds is 3. The van der Waals surface area contributed by atoms with Gasteiger partial charge in [-0.3, -0.25) is 0 Å². The lowest BCUT2D eigenvalue weighted by Gasteiger charge is -2.14. The van der Waals surface area contributed by atoms with E-state index < -0.39 is 6.49 Å². The Morgan fingerprint density at radius 3 is 1.78 bits per heavy atom. The van der Waals surface area contributed by atoms with Crippen LogP contribution in [-0.4, -0.2) is 18.2 Å². The van der Waals surface area contributed by atoms with Crippen LogP contribution in [0, 0.1) is 0 Å². The summed E-state index contributed by atoms with van der Waals surface area (Å²) in [7, 11) is 2.93. The van der Waals surface area contributed by atoms with E-state index in [4.69, 9.17) is 20.9 Å². The third kappa shape index (κ3) is 2.62. The van der Waals surface area contributed by atoms with E-state index in [0.717, 1.165) is 0 Å². The van der Waals surface area contributed by atoms with Gasteiger partial charge >= 0.3 is 0 Å². The van der Waals surface area contributed by atoms with E-state index in [9.17, 15) is 0 Å². The van der Waals surface area contributed by atoms with Gasteiger partial charge in [-0.1, -0.05) is 12.2 Å². The second-order valence-electron chi connectivity index (χ2n) is 1.15. The van der Waals surface area contributed by atoms with E-state index in [1.165, 1.54) is 14.2 Å². The molecule has 0 aromatic heterocycles. The molecule has 0 heterocycles. The molecule has 9 heavy (non-hydrogen) atoms. The van der Waals surface area contributed by atoms with Crippen LogP contribution in [-0.2, 0) is 20.9 Å². The number of thiol groups is 1. The van der Waals surface area contributed by atoms with Crippen molar-refractivity contribution in [2.45, 2.75) is 0 Å². The summed E-state index contributed by atoms with van der Waals surface area (Å²) in [6, 6.07) is 0. The van der Waals surface area contributed by atoms with Crippen LogP contribution in [0.3, 0.4) is 0 Å². The predicted molar refractivity (Wildman–Crippen MR) is 49.9 cm³/mol. The Morgan fingerprint density at radius 1 is 1.44 bits per heavy atom. The minimum Gasteiger partial charge on any atom is -0.328 e. The molecule has 2 nitrogen and oxygen atoms in total. The Hall–Kier alpha value is 1.01. The molecule has 0 fully saturated rings. The van der Waals surface area contributed by atoms with Crippen LogP contribution in [0.15, 0.2) is 0 Å². The fraction of sp³-hybridized carbons (Fsp3) is 0.667. The molecule has 0 N–H and O–H groups in total. The standard InChI is InChI=1S/C3H7O2PS3/c1-4-6(9,5-2)3(7)8/h1-2H3,(H,7,8). The summed E-state index contributed by atoms with van der Waals surface area (Å²) in [5.41, 5.74) is 0. The zero-order valence-corrected chi connectivity index (χ0v) is 8.45. The fourth-order valence-corrected chi connectivity index (χ4v) is 1.63. The number of hydrogen-bond donors (Lipinski definition) is 1. The van der Waals surface area contributed by atoms with E-state index in [2.05, 4.69) is 24.8 Å². The molecule has 0 atom stereocenters. The molecule has 0 aliphatic heterocycles. The monoisotopic (exact) mass is 202 g/mol. The molecule has 54 valence electrons. The van der Waals surface area contributed by atoms with Gasteiger partial charge in [0, 0.05) is 14.2 Å². The van der Waals surface area contributed by atoms with Crippen molar-refractivity contribution in [3.8, 4) is 0 Å². The third-order valence-electron chi connectivity index (χ3n) is 0.715. The smallest absolute Gasteiger partial charge is 0.236 e. The lowest BCUT2D eigenvalue weighted by Crippen LogP contribution is -1.92. The minimum atomic E-state index is -2.32. The van der Waals surface area contributed by atoms with Crippen molar-refractivity contribution in [3.63, 3.8) is 0 Å². The van der Waals surface area contributed by atoms with Gasteiger partial charge in [0.1, 0.15) is 3.94 Å². The topological polar surface area (TPSA) is 18.5 Å². The van der Waals surface area contributed by atoms with Crippen molar-refractivity contribution in [3.05, 3.63) is 0 Å². The van der Waals surface area contributed by atoms with E-state index >= 15 is 0 Å². The molecular weight excluding hydrogens is 195 g/mol. The largest absolute Gasteiger partial charge is 0.328 e. The lowest BCUT2D eigenvalue weighted by molar-refractivity contribution is 0.351. The molecule has 0 aliphatic rings. The van der Waals surface area contributed by atoms with Crippen LogP contribution in [0.1, 0.15) is 0 Å². The first-order chi connectivity index (χ1) is 4.06. The molecule has 0 saturated heterocycles. The van der Waals surface area contributed by atoms with Crippen LogP contribution in [0.5, 0.6) is 0 Å². The van der Waals surface area contributed by atoms with Gasteiger partial charge in [-0.15, -0.1) is 12.6 Å². The first-order valence-corrected chi connectivity index (χ1v) is 5.51. The van der Waals surface area contributed by atoms with Crippen molar-refractivity contribution < 1.29 is 9.05 Å². The van der Waals surface area contributed by atoms with Crippen molar-refractivity contribution in [1.82, 2.24) is 0 Å². The molecule has 0 aromatic rings. The summed E-state index contributed by atoms with van der Waals surface area (Å²) >= 11 is 13.4. The molecule has 0 bridgehead atoms. The third-order valence-corrected chi connectivity index (χ3v) is 5.85. The molecule has 6 heteroatoms. The van der Waals surface area contributed by atoms with E-state index in [1.54, 1.807) is 0 Å².